The maximum atomic E-state index is 12.3. The Morgan fingerprint density at radius 3 is 2.57 bits per heavy atom. The molecule has 0 spiro atoms. The van der Waals surface area contributed by atoms with Crippen LogP contribution in [0.1, 0.15) is 11.1 Å². The second kappa shape index (κ2) is 9.19. The molecule has 1 heterocycles. The fourth-order valence-electron chi connectivity index (χ4n) is 2.42. The minimum Gasteiger partial charge on any atom is -0.486 e. The van der Waals surface area contributed by atoms with E-state index < -0.39 is 5.91 Å². The highest BCUT2D eigenvalue weighted by Gasteiger charge is 2.34. The van der Waals surface area contributed by atoms with Crippen LogP contribution in [0.5, 0.6) is 5.75 Å². The first kappa shape index (κ1) is 21.0. The Balaban J connectivity index is 1.78. The van der Waals surface area contributed by atoms with Crippen molar-refractivity contribution in [3.63, 3.8) is 0 Å². The smallest absolute Gasteiger partial charge is 0.294 e. The highest BCUT2D eigenvalue weighted by Crippen LogP contribution is 2.37. The van der Waals surface area contributed by atoms with Crippen molar-refractivity contribution in [3.8, 4) is 18.1 Å². The van der Waals surface area contributed by atoms with Crippen LogP contribution < -0.4 is 4.74 Å². The van der Waals surface area contributed by atoms with Crippen LogP contribution in [0.25, 0.3) is 6.08 Å². The average molecular weight is 542 g/mol. The number of benzene rings is 2. The van der Waals surface area contributed by atoms with Gasteiger partial charge < -0.3 is 4.74 Å². The van der Waals surface area contributed by atoms with Gasteiger partial charge in [0.1, 0.15) is 6.61 Å². The van der Waals surface area contributed by atoms with E-state index in [-0.39, 0.29) is 11.8 Å². The Hall–Kier alpha value is -1.72. The van der Waals surface area contributed by atoms with Gasteiger partial charge in [-0.2, -0.15) is 0 Å². The zero-order chi connectivity index (χ0) is 20.3. The third kappa shape index (κ3) is 4.81. The molecule has 0 saturated carbocycles. The van der Waals surface area contributed by atoms with Crippen LogP contribution in [0.2, 0.25) is 5.02 Å². The molecule has 1 aliphatic rings. The number of carbonyl (C=O) groups excluding carboxylic acids is 2. The quantitative estimate of drug-likeness (QED) is 0.338. The van der Waals surface area contributed by atoms with Gasteiger partial charge in [-0.1, -0.05) is 45.6 Å². The van der Waals surface area contributed by atoms with Gasteiger partial charge in [0.05, 0.1) is 20.9 Å². The lowest BCUT2D eigenvalue weighted by molar-refractivity contribution is -0.122. The number of hydrogen-bond donors (Lipinski definition) is 0. The molecule has 0 aliphatic carbocycles. The van der Waals surface area contributed by atoms with Gasteiger partial charge in [-0.3, -0.25) is 14.5 Å². The van der Waals surface area contributed by atoms with Gasteiger partial charge in [0.15, 0.2) is 5.75 Å². The number of imide groups is 1. The number of hydrogen-bond acceptors (Lipinski definition) is 4. The Morgan fingerprint density at radius 2 is 1.93 bits per heavy atom. The molecule has 8 heteroatoms. The number of carbonyl (C=O) groups is 2. The third-order valence-corrected chi connectivity index (χ3v) is 6.04. The Kier molecular flexibility index (Phi) is 6.89. The van der Waals surface area contributed by atoms with Crippen LogP contribution in [0.15, 0.2) is 50.2 Å². The average Bonchev–Trinajstić information content (AvgIpc) is 2.90. The maximum Gasteiger partial charge on any atom is 0.294 e. The number of rotatable bonds is 5. The molecule has 0 bridgehead atoms. The summed E-state index contributed by atoms with van der Waals surface area (Å²) in [5.41, 5.74) is 1.66. The van der Waals surface area contributed by atoms with Gasteiger partial charge in [0, 0.05) is 4.47 Å². The maximum absolute atomic E-state index is 12.3. The number of halogens is 3. The zero-order valence-corrected chi connectivity index (χ0v) is 19.0. The summed E-state index contributed by atoms with van der Waals surface area (Å²) in [5.74, 6) is 2.40. The molecule has 2 aromatic rings. The number of amides is 2. The zero-order valence-electron chi connectivity index (χ0n) is 14.2. The van der Waals surface area contributed by atoms with E-state index in [1.165, 1.54) is 0 Å². The Morgan fingerprint density at radius 1 is 1.21 bits per heavy atom. The third-order valence-electron chi connectivity index (χ3n) is 3.74. The van der Waals surface area contributed by atoms with Crippen LogP contribution in [0.3, 0.4) is 0 Å². The van der Waals surface area contributed by atoms with Crippen molar-refractivity contribution < 1.29 is 14.3 Å². The molecule has 4 nitrogen and oxygen atoms in total. The van der Waals surface area contributed by atoms with Crippen molar-refractivity contribution in [2.24, 2.45) is 0 Å². The molecular weight excluding hydrogens is 530 g/mol. The van der Waals surface area contributed by atoms with E-state index in [1.54, 1.807) is 18.2 Å². The van der Waals surface area contributed by atoms with E-state index >= 15 is 0 Å². The fourth-order valence-corrected chi connectivity index (χ4v) is 4.51. The van der Waals surface area contributed by atoms with Crippen molar-refractivity contribution in [1.29, 1.82) is 0 Å². The molecule has 142 valence electrons. The van der Waals surface area contributed by atoms with E-state index in [1.807, 2.05) is 24.3 Å². The van der Waals surface area contributed by atoms with E-state index in [9.17, 15) is 9.59 Å². The number of thioether (sulfide) groups is 1. The van der Waals surface area contributed by atoms with E-state index in [0.29, 0.717) is 32.3 Å². The minimum atomic E-state index is -0.407. The van der Waals surface area contributed by atoms with Crippen molar-refractivity contribution in [3.05, 3.63) is 66.4 Å². The predicted octanol–water partition coefficient (Wildman–Crippen LogP) is 6.11. The largest absolute Gasteiger partial charge is 0.486 e. The molecule has 1 fully saturated rings. The van der Waals surface area contributed by atoms with Gasteiger partial charge >= 0.3 is 0 Å². The van der Waals surface area contributed by atoms with E-state index in [0.717, 1.165) is 26.7 Å². The van der Waals surface area contributed by atoms with Gasteiger partial charge in [0.2, 0.25) is 0 Å². The molecule has 2 aromatic carbocycles. The molecule has 1 aliphatic heterocycles. The predicted molar refractivity (Wildman–Crippen MR) is 119 cm³/mol. The summed E-state index contributed by atoms with van der Waals surface area (Å²) in [6.45, 7) is 0.311. The van der Waals surface area contributed by atoms with Gasteiger partial charge in [-0.05, 0) is 69.2 Å². The Bertz CT molecular complexity index is 992. The van der Waals surface area contributed by atoms with Crippen LogP contribution >= 0.6 is 55.2 Å². The van der Waals surface area contributed by atoms with Crippen LogP contribution in [-0.4, -0.2) is 22.6 Å². The molecule has 2 amide bonds. The lowest BCUT2D eigenvalue weighted by Crippen LogP contribution is -2.28. The number of nitrogens with zero attached hydrogens (tertiary/aromatic N) is 1. The van der Waals surface area contributed by atoms with Crippen molar-refractivity contribution in [2.75, 3.05) is 6.54 Å². The van der Waals surface area contributed by atoms with Crippen molar-refractivity contribution >= 4 is 72.4 Å². The lowest BCUT2D eigenvalue weighted by atomic mass is 10.2. The van der Waals surface area contributed by atoms with Gasteiger partial charge in [0.25, 0.3) is 11.1 Å². The summed E-state index contributed by atoms with van der Waals surface area (Å²) in [6.07, 6.45) is 6.81. The summed E-state index contributed by atoms with van der Waals surface area (Å²) >= 11 is 14.1. The van der Waals surface area contributed by atoms with Crippen LogP contribution in [0, 0.1) is 12.3 Å². The first-order valence-corrected chi connectivity index (χ1v) is 10.7. The molecule has 3 rings (SSSR count). The van der Waals surface area contributed by atoms with Crippen molar-refractivity contribution in [2.45, 2.75) is 6.61 Å². The second-order valence-corrected chi connectivity index (χ2v) is 8.87. The first-order chi connectivity index (χ1) is 13.4. The van der Waals surface area contributed by atoms with Crippen molar-refractivity contribution in [1.82, 2.24) is 4.90 Å². The first-order valence-electron chi connectivity index (χ1n) is 7.94. The summed E-state index contributed by atoms with van der Waals surface area (Å²) in [7, 11) is 0. The lowest BCUT2D eigenvalue weighted by Gasteiger charge is -2.11. The Labute approximate surface area is 188 Å². The molecule has 0 radical (unpaired) electrons. The second-order valence-electron chi connectivity index (χ2n) is 5.70. The highest BCUT2D eigenvalue weighted by atomic mass is 79.9. The van der Waals surface area contributed by atoms with Crippen LogP contribution in [-0.2, 0) is 11.4 Å². The molecule has 0 aromatic heterocycles. The normalized spacial score (nSPS) is 15.2. The standard InChI is InChI=1S/C20H12Br2ClNO3S/c1-2-7-24-19(25)17(28-20(24)26)10-13-8-15(22)18(16(23)9-13)27-11-12-3-5-14(21)6-4-12/h1,3-6,8-10H,7,11H2/b17-10+. The van der Waals surface area contributed by atoms with Gasteiger partial charge in [-0.15, -0.1) is 6.42 Å². The molecule has 0 N–H and O–H groups in total. The van der Waals surface area contributed by atoms with Gasteiger partial charge in [-0.25, -0.2) is 0 Å². The summed E-state index contributed by atoms with van der Waals surface area (Å²) in [4.78, 5) is 25.5. The topological polar surface area (TPSA) is 46.6 Å². The van der Waals surface area contributed by atoms with E-state index in [4.69, 9.17) is 22.8 Å². The molecule has 1 saturated heterocycles. The summed E-state index contributed by atoms with van der Waals surface area (Å²) < 4.78 is 7.47. The molecule has 0 atom stereocenters. The SMILES string of the molecule is C#CCN1C(=O)S/C(=C/c2cc(Cl)c(OCc3ccc(Br)cc3)c(Br)c2)C1=O. The molecule has 0 unspecified atom stereocenters. The highest BCUT2D eigenvalue weighted by molar-refractivity contribution is 9.10. The minimum absolute atomic E-state index is 0.0463. The monoisotopic (exact) mass is 539 g/mol. The summed E-state index contributed by atoms with van der Waals surface area (Å²) in [6, 6.07) is 11.2. The number of ether oxygens (including phenoxy) is 1. The molecular formula is C20H12Br2ClNO3S. The summed E-state index contributed by atoms with van der Waals surface area (Å²) in [5, 5.41) is 0.00871. The number of terminal acetylenes is 1. The fraction of sp³-hybridized carbons (Fsp3) is 0.100. The molecule has 28 heavy (non-hydrogen) atoms. The van der Waals surface area contributed by atoms with Crippen LogP contribution in [0.4, 0.5) is 4.79 Å². The van der Waals surface area contributed by atoms with E-state index in [2.05, 4.69) is 37.8 Å².